The van der Waals surface area contributed by atoms with Gasteiger partial charge in [-0.3, -0.25) is 4.79 Å². The summed E-state index contributed by atoms with van der Waals surface area (Å²) in [6.07, 6.45) is 2.56. The second-order valence-corrected chi connectivity index (χ2v) is 5.90. The van der Waals surface area contributed by atoms with Crippen LogP contribution in [0.2, 0.25) is 0 Å². The Balaban J connectivity index is 1.92. The van der Waals surface area contributed by atoms with Gasteiger partial charge in [-0.1, -0.05) is 28.1 Å². The average molecular weight is 327 g/mol. The van der Waals surface area contributed by atoms with Gasteiger partial charge in [0.2, 0.25) is 5.91 Å². The molecule has 0 aliphatic carbocycles. The minimum absolute atomic E-state index is 0.180. The Morgan fingerprint density at radius 3 is 3.11 bits per heavy atom. The van der Waals surface area contributed by atoms with Crippen molar-refractivity contribution in [2.75, 3.05) is 19.7 Å². The van der Waals surface area contributed by atoms with E-state index in [9.17, 15) is 4.79 Å². The summed E-state index contributed by atoms with van der Waals surface area (Å²) in [5, 5.41) is 0. The van der Waals surface area contributed by atoms with Crippen LogP contribution < -0.4 is 5.90 Å². The van der Waals surface area contributed by atoms with Crippen LogP contribution in [0.3, 0.4) is 0 Å². The lowest BCUT2D eigenvalue weighted by Gasteiger charge is -2.32. The van der Waals surface area contributed by atoms with Gasteiger partial charge < -0.3 is 9.74 Å². The zero-order valence-electron chi connectivity index (χ0n) is 10.8. The average Bonchev–Trinajstić information content (AvgIpc) is 2.39. The molecule has 0 bridgehead atoms. The highest BCUT2D eigenvalue weighted by Gasteiger charge is 2.23. The van der Waals surface area contributed by atoms with Crippen molar-refractivity contribution < 1.29 is 9.63 Å². The molecule has 1 unspecified atom stereocenters. The van der Waals surface area contributed by atoms with Crippen molar-refractivity contribution in [1.29, 1.82) is 0 Å². The van der Waals surface area contributed by atoms with Crippen molar-refractivity contribution >= 4 is 21.8 Å². The molecule has 0 spiro atoms. The number of nitrogens with zero attached hydrogens (tertiary/aromatic N) is 1. The highest BCUT2D eigenvalue weighted by atomic mass is 79.9. The van der Waals surface area contributed by atoms with Gasteiger partial charge in [0.15, 0.2) is 0 Å². The molecule has 104 valence electrons. The highest BCUT2D eigenvalue weighted by Crippen LogP contribution is 2.18. The number of carbonyl (C=O) groups is 1. The molecule has 1 aliphatic rings. The minimum atomic E-state index is 0.180. The number of hydrogen-bond acceptors (Lipinski definition) is 3. The molecule has 0 radical (unpaired) electrons. The summed E-state index contributed by atoms with van der Waals surface area (Å²) in [6, 6.07) is 7.88. The number of rotatable bonds is 4. The summed E-state index contributed by atoms with van der Waals surface area (Å²) in [5.74, 6) is 5.66. The van der Waals surface area contributed by atoms with Crippen molar-refractivity contribution in [2.45, 2.75) is 19.3 Å². The van der Waals surface area contributed by atoms with Crippen LogP contribution >= 0.6 is 15.9 Å². The summed E-state index contributed by atoms with van der Waals surface area (Å²) in [4.78, 5) is 18.9. The zero-order chi connectivity index (χ0) is 13.7. The molecule has 0 saturated carbocycles. The Morgan fingerprint density at radius 1 is 1.53 bits per heavy atom. The van der Waals surface area contributed by atoms with E-state index in [0.717, 1.165) is 36.0 Å². The number of amides is 1. The Hall–Kier alpha value is -0.910. The molecule has 1 aromatic carbocycles. The normalized spacial score (nSPS) is 19.5. The Kier molecular flexibility index (Phi) is 5.36. The van der Waals surface area contributed by atoms with Gasteiger partial charge in [-0.25, -0.2) is 5.90 Å². The quantitative estimate of drug-likeness (QED) is 0.862. The molecule has 4 nitrogen and oxygen atoms in total. The first-order valence-corrected chi connectivity index (χ1v) is 7.32. The summed E-state index contributed by atoms with van der Waals surface area (Å²) >= 11 is 3.42. The molecule has 2 N–H and O–H groups in total. The molecule has 19 heavy (non-hydrogen) atoms. The molecule has 1 saturated heterocycles. The topological polar surface area (TPSA) is 55.6 Å². The van der Waals surface area contributed by atoms with E-state index >= 15 is 0 Å². The van der Waals surface area contributed by atoms with E-state index in [0.29, 0.717) is 18.9 Å². The van der Waals surface area contributed by atoms with Crippen LogP contribution in [-0.4, -0.2) is 30.5 Å². The monoisotopic (exact) mass is 326 g/mol. The van der Waals surface area contributed by atoms with Crippen LogP contribution in [0, 0.1) is 5.92 Å². The number of piperidine rings is 1. The van der Waals surface area contributed by atoms with Crippen LogP contribution in [-0.2, 0) is 16.1 Å². The fraction of sp³-hybridized carbons (Fsp3) is 0.500. The van der Waals surface area contributed by atoms with Crippen LogP contribution in [0.5, 0.6) is 0 Å². The molecular weight excluding hydrogens is 308 g/mol. The number of hydrogen-bond donors (Lipinski definition) is 1. The smallest absolute Gasteiger partial charge is 0.227 e. The third-order valence-electron chi connectivity index (χ3n) is 3.45. The number of benzene rings is 1. The third kappa shape index (κ3) is 4.30. The van der Waals surface area contributed by atoms with Gasteiger partial charge in [0, 0.05) is 23.5 Å². The lowest BCUT2D eigenvalue weighted by Crippen LogP contribution is -2.42. The second-order valence-electron chi connectivity index (χ2n) is 4.99. The van der Waals surface area contributed by atoms with Gasteiger partial charge in [-0.15, -0.1) is 0 Å². The first kappa shape index (κ1) is 14.5. The lowest BCUT2D eigenvalue weighted by molar-refractivity contribution is -0.132. The molecule has 1 heterocycles. The standard InChI is InChI=1S/C14H19BrN2O2/c15-13-5-1-3-11(7-13)8-14(18)17-6-2-4-12(9-17)10-19-16/h1,3,5,7,12H,2,4,6,8-10,16H2. The predicted octanol–water partition coefficient (Wildman–Crippen LogP) is 2.12. The zero-order valence-corrected chi connectivity index (χ0v) is 12.4. The van der Waals surface area contributed by atoms with Crippen LogP contribution in [0.1, 0.15) is 18.4 Å². The molecule has 1 atom stereocenters. The summed E-state index contributed by atoms with van der Waals surface area (Å²) < 4.78 is 1.01. The maximum Gasteiger partial charge on any atom is 0.227 e. The summed E-state index contributed by atoms with van der Waals surface area (Å²) in [5.41, 5.74) is 1.04. The maximum absolute atomic E-state index is 12.3. The third-order valence-corrected chi connectivity index (χ3v) is 3.94. The van der Waals surface area contributed by atoms with Gasteiger partial charge in [0.1, 0.15) is 0 Å². The van der Waals surface area contributed by atoms with E-state index in [1.54, 1.807) is 0 Å². The van der Waals surface area contributed by atoms with Crippen LogP contribution in [0.15, 0.2) is 28.7 Å². The fourth-order valence-corrected chi connectivity index (χ4v) is 2.94. The van der Waals surface area contributed by atoms with Crippen LogP contribution in [0.25, 0.3) is 0 Å². The molecule has 2 rings (SSSR count). The number of nitrogens with two attached hydrogens (primary N) is 1. The molecule has 1 aliphatic heterocycles. The van der Waals surface area contributed by atoms with Crippen molar-refractivity contribution in [3.05, 3.63) is 34.3 Å². The fourth-order valence-electron chi connectivity index (χ4n) is 2.50. The number of carbonyl (C=O) groups excluding carboxylic acids is 1. The van der Waals surface area contributed by atoms with E-state index < -0.39 is 0 Å². The number of likely N-dealkylation sites (tertiary alicyclic amines) is 1. The molecule has 1 amide bonds. The molecule has 1 fully saturated rings. The summed E-state index contributed by atoms with van der Waals surface area (Å²) in [6.45, 7) is 2.12. The molecule has 1 aromatic rings. The van der Waals surface area contributed by atoms with Gasteiger partial charge in [0.05, 0.1) is 13.0 Å². The number of halogens is 1. The van der Waals surface area contributed by atoms with E-state index in [2.05, 4.69) is 15.9 Å². The van der Waals surface area contributed by atoms with Gasteiger partial charge in [-0.05, 0) is 30.5 Å². The Labute approximate surface area is 122 Å². The van der Waals surface area contributed by atoms with E-state index in [1.165, 1.54) is 0 Å². The predicted molar refractivity (Wildman–Crippen MR) is 77.3 cm³/mol. The first-order valence-electron chi connectivity index (χ1n) is 6.53. The van der Waals surface area contributed by atoms with Gasteiger partial charge >= 0.3 is 0 Å². The van der Waals surface area contributed by atoms with Crippen molar-refractivity contribution in [2.24, 2.45) is 11.8 Å². The maximum atomic E-state index is 12.3. The second kappa shape index (κ2) is 7.03. The van der Waals surface area contributed by atoms with E-state index in [4.69, 9.17) is 10.7 Å². The highest BCUT2D eigenvalue weighted by molar-refractivity contribution is 9.10. The van der Waals surface area contributed by atoms with Crippen molar-refractivity contribution in [1.82, 2.24) is 4.90 Å². The SMILES string of the molecule is NOCC1CCCN(C(=O)Cc2cccc(Br)c2)C1. The minimum Gasteiger partial charge on any atom is -0.342 e. The van der Waals surface area contributed by atoms with Crippen molar-refractivity contribution in [3.63, 3.8) is 0 Å². The largest absolute Gasteiger partial charge is 0.342 e. The molecular formula is C14H19BrN2O2. The van der Waals surface area contributed by atoms with Gasteiger partial charge in [0.25, 0.3) is 0 Å². The van der Waals surface area contributed by atoms with Gasteiger partial charge in [-0.2, -0.15) is 0 Å². The summed E-state index contributed by atoms with van der Waals surface area (Å²) in [7, 11) is 0. The molecule has 0 aromatic heterocycles. The molecule has 5 heteroatoms. The lowest BCUT2D eigenvalue weighted by atomic mass is 9.98. The van der Waals surface area contributed by atoms with E-state index in [-0.39, 0.29) is 5.91 Å². The van der Waals surface area contributed by atoms with Crippen LogP contribution in [0.4, 0.5) is 0 Å². The Bertz CT molecular complexity index is 437. The van der Waals surface area contributed by atoms with E-state index in [1.807, 2.05) is 29.2 Å². The Morgan fingerprint density at radius 2 is 2.37 bits per heavy atom. The van der Waals surface area contributed by atoms with Crippen molar-refractivity contribution in [3.8, 4) is 0 Å². The first-order chi connectivity index (χ1) is 9.19.